The van der Waals surface area contributed by atoms with E-state index in [0.29, 0.717) is 0 Å². The van der Waals surface area contributed by atoms with Crippen LogP contribution in [-0.4, -0.2) is 33.4 Å². The van der Waals surface area contributed by atoms with Crippen molar-refractivity contribution in [2.24, 2.45) is 0 Å². The fourth-order valence-corrected chi connectivity index (χ4v) is 1.04. The van der Waals surface area contributed by atoms with Crippen molar-refractivity contribution < 1.29 is 9.90 Å². The molecule has 5 nitrogen and oxygen atoms in total. The first-order valence-electron chi connectivity index (χ1n) is 4.55. The van der Waals surface area contributed by atoms with Crippen LogP contribution in [0.25, 0.3) is 0 Å². The Hall–Kier alpha value is -1.36. The monoisotopic (exact) mass is 197 g/mol. The predicted octanol–water partition coefficient (Wildman–Crippen LogP) is -0.0589. The Kier molecular flexibility index (Phi) is 3.64. The van der Waals surface area contributed by atoms with Gasteiger partial charge in [-0.2, -0.15) is 5.10 Å². The molecular formula is C9H15N3O2. The van der Waals surface area contributed by atoms with Crippen molar-refractivity contribution in [3.63, 3.8) is 0 Å². The molecule has 1 amide bonds. The van der Waals surface area contributed by atoms with E-state index in [9.17, 15) is 4.79 Å². The van der Waals surface area contributed by atoms with Crippen LogP contribution in [0.3, 0.4) is 0 Å². The van der Waals surface area contributed by atoms with E-state index in [4.69, 9.17) is 5.11 Å². The van der Waals surface area contributed by atoms with Gasteiger partial charge in [-0.15, -0.1) is 0 Å². The molecule has 2 atom stereocenters. The first kappa shape index (κ1) is 10.7. The van der Waals surface area contributed by atoms with Gasteiger partial charge in [0, 0.05) is 18.4 Å². The van der Waals surface area contributed by atoms with Gasteiger partial charge in [-0.3, -0.25) is 9.48 Å². The van der Waals surface area contributed by atoms with Crippen LogP contribution in [0.2, 0.25) is 0 Å². The van der Waals surface area contributed by atoms with Crippen molar-refractivity contribution in [1.29, 1.82) is 0 Å². The highest BCUT2D eigenvalue weighted by atomic mass is 16.3. The van der Waals surface area contributed by atoms with E-state index < -0.39 is 0 Å². The van der Waals surface area contributed by atoms with Gasteiger partial charge in [0.2, 0.25) is 5.91 Å². The Morgan fingerprint density at radius 2 is 2.36 bits per heavy atom. The second-order valence-electron chi connectivity index (χ2n) is 3.25. The summed E-state index contributed by atoms with van der Waals surface area (Å²) in [5, 5.41) is 15.4. The SMILES string of the molecule is CC(CO)NC(=O)C(C)n1cccn1. The van der Waals surface area contributed by atoms with E-state index in [0.717, 1.165) is 0 Å². The maximum atomic E-state index is 11.5. The Balaban J connectivity index is 2.53. The third-order valence-corrected chi connectivity index (χ3v) is 1.96. The average Bonchev–Trinajstić information content (AvgIpc) is 2.69. The zero-order chi connectivity index (χ0) is 10.6. The number of hydrogen-bond acceptors (Lipinski definition) is 3. The van der Waals surface area contributed by atoms with Crippen LogP contribution in [0, 0.1) is 0 Å². The average molecular weight is 197 g/mol. The summed E-state index contributed by atoms with van der Waals surface area (Å²) in [7, 11) is 0. The minimum Gasteiger partial charge on any atom is -0.394 e. The fraction of sp³-hybridized carbons (Fsp3) is 0.556. The highest BCUT2D eigenvalue weighted by Gasteiger charge is 2.16. The molecule has 1 aromatic heterocycles. The molecule has 0 aliphatic carbocycles. The molecule has 5 heteroatoms. The van der Waals surface area contributed by atoms with Crippen molar-refractivity contribution >= 4 is 5.91 Å². The lowest BCUT2D eigenvalue weighted by Crippen LogP contribution is -2.39. The van der Waals surface area contributed by atoms with E-state index in [1.165, 1.54) is 0 Å². The van der Waals surface area contributed by atoms with Crippen LogP contribution in [0.4, 0.5) is 0 Å². The molecule has 0 radical (unpaired) electrons. The second-order valence-corrected chi connectivity index (χ2v) is 3.25. The van der Waals surface area contributed by atoms with Crippen LogP contribution in [-0.2, 0) is 4.79 Å². The lowest BCUT2D eigenvalue weighted by Gasteiger charge is -2.15. The first-order chi connectivity index (χ1) is 6.65. The third kappa shape index (κ3) is 2.56. The summed E-state index contributed by atoms with van der Waals surface area (Å²) in [6.07, 6.45) is 3.35. The Bertz CT molecular complexity index is 284. The molecule has 0 spiro atoms. The number of carbonyl (C=O) groups excluding carboxylic acids is 1. The number of amides is 1. The van der Waals surface area contributed by atoms with Gasteiger partial charge in [-0.05, 0) is 19.9 Å². The van der Waals surface area contributed by atoms with Crippen LogP contribution in [0.15, 0.2) is 18.5 Å². The van der Waals surface area contributed by atoms with Gasteiger partial charge in [-0.25, -0.2) is 0 Å². The first-order valence-corrected chi connectivity index (χ1v) is 4.55. The van der Waals surface area contributed by atoms with E-state index in [1.54, 1.807) is 37.0 Å². The van der Waals surface area contributed by atoms with Crippen molar-refractivity contribution in [2.45, 2.75) is 25.9 Å². The molecule has 1 aromatic rings. The summed E-state index contributed by atoms with van der Waals surface area (Å²) >= 11 is 0. The van der Waals surface area contributed by atoms with Gasteiger partial charge in [0.05, 0.1) is 6.61 Å². The molecule has 0 fully saturated rings. The number of rotatable bonds is 4. The minimum atomic E-state index is -0.348. The molecule has 1 rings (SSSR count). The quantitative estimate of drug-likeness (QED) is 0.710. The number of aliphatic hydroxyl groups is 1. The van der Waals surface area contributed by atoms with Gasteiger partial charge in [0.1, 0.15) is 6.04 Å². The summed E-state index contributed by atoms with van der Waals surface area (Å²) < 4.78 is 1.57. The van der Waals surface area contributed by atoms with E-state index in [-0.39, 0.29) is 24.6 Å². The molecule has 2 N–H and O–H groups in total. The Labute approximate surface area is 82.7 Å². The van der Waals surface area contributed by atoms with Crippen LogP contribution in [0.5, 0.6) is 0 Å². The summed E-state index contributed by atoms with van der Waals surface area (Å²) in [6, 6.07) is 1.19. The number of carbonyl (C=O) groups is 1. The molecule has 0 saturated carbocycles. The Morgan fingerprint density at radius 3 is 2.86 bits per heavy atom. The number of nitrogens with zero attached hydrogens (tertiary/aromatic N) is 2. The maximum Gasteiger partial charge on any atom is 0.244 e. The van der Waals surface area contributed by atoms with Crippen LogP contribution >= 0.6 is 0 Å². The topological polar surface area (TPSA) is 67.2 Å². The lowest BCUT2D eigenvalue weighted by atomic mass is 10.3. The van der Waals surface area contributed by atoms with Crippen LogP contribution < -0.4 is 5.32 Å². The van der Waals surface area contributed by atoms with Gasteiger partial charge in [0.15, 0.2) is 0 Å². The largest absolute Gasteiger partial charge is 0.394 e. The van der Waals surface area contributed by atoms with Crippen molar-refractivity contribution in [3.8, 4) is 0 Å². The predicted molar refractivity (Wildman–Crippen MR) is 51.6 cm³/mol. The second kappa shape index (κ2) is 4.76. The van der Waals surface area contributed by atoms with Gasteiger partial charge < -0.3 is 10.4 Å². The number of aromatic nitrogens is 2. The number of nitrogens with one attached hydrogen (secondary N) is 1. The molecule has 0 aliphatic heterocycles. The molecule has 78 valence electrons. The summed E-state index contributed by atoms with van der Waals surface area (Å²) in [5.74, 6) is -0.143. The smallest absolute Gasteiger partial charge is 0.244 e. The normalized spacial score (nSPS) is 14.8. The van der Waals surface area contributed by atoms with Crippen molar-refractivity contribution in [3.05, 3.63) is 18.5 Å². The molecule has 0 saturated heterocycles. The molecule has 0 aromatic carbocycles. The molecule has 0 aliphatic rings. The van der Waals surface area contributed by atoms with Gasteiger partial charge in [0.25, 0.3) is 0 Å². The van der Waals surface area contributed by atoms with E-state index in [2.05, 4.69) is 10.4 Å². The highest BCUT2D eigenvalue weighted by molar-refractivity contribution is 5.79. The molecular weight excluding hydrogens is 182 g/mol. The molecule has 14 heavy (non-hydrogen) atoms. The van der Waals surface area contributed by atoms with Crippen LogP contribution in [0.1, 0.15) is 19.9 Å². The van der Waals surface area contributed by atoms with E-state index in [1.807, 2.05) is 0 Å². The standard InChI is InChI=1S/C9H15N3O2/c1-7(6-13)11-9(14)8(2)12-5-3-4-10-12/h3-5,7-8,13H,6H2,1-2H3,(H,11,14). The molecule has 0 bridgehead atoms. The zero-order valence-electron chi connectivity index (χ0n) is 8.34. The summed E-state index contributed by atoms with van der Waals surface area (Å²) in [6.45, 7) is 3.44. The highest BCUT2D eigenvalue weighted by Crippen LogP contribution is 2.03. The Morgan fingerprint density at radius 1 is 1.64 bits per heavy atom. The van der Waals surface area contributed by atoms with Gasteiger partial charge in [-0.1, -0.05) is 0 Å². The van der Waals surface area contributed by atoms with E-state index >= 15 is 0 Å². The fourth-order valence-electron chi connectivity index (χ4n) is 1.04. The third-order valence-electron chi connectivity index (χ3n) is 1.96. The molecule has 1 heterocycles. The summed E-state index contributed by atoms with van der Waals surface area (Å²) in [4.78, 5) is 11.5. The minimum absolute atomic E-state index is 0.0580. The van der Waals surface area contributed by atoms with Gasteiger partial charge >= 0.3 is 0 Å². The number of aliphatic hydroxyl groups excluding tert-OH is 1. The summed E-state index contributed by atoms with van der Waals surface area (Å²) in [5.41, 5.74) is 0. The maximum absolute atomic E-state index is 11.5. The van der Waals surface area contributed by atoms with Crippen molar-refractivity contribution in [2.75, 3.05) is 6.61 Å². The lowest BCUT2D eigenvalue weighted by molar-refractivity contribution is -0.125. The zero-order valence-corrected chi connectivity index (χ0v) is 8.34. The number of hydrogen-bond donors (Lipinski definition) is 2. The molecule has 2 unspecified atom stereocenters. The van der Waals surface area contributed by atoms with Crippen molar-refractivity contribution in [1.82, 2.24) is 15.1 Å².